The summed E-state index contributed by atoms with van der Waals surface area (Å²) in [6.07, 6.45) is 10.2. The highest BCUT2D eigenvalue weighted by Crippen LogP contribution is 2.39. The number of likely N-dealkylation sites (tertiary alicyclic amines) is 1. The molecule has 2 aliphatic rings. The molecule has 0 radical (unpaired) electrons. The second kappa shape index (κ2) is 7.40. The summed E-state index contributed by atoms with van der Waals surface area (Å²) in [5.74, 6) is 2.58. The molecule has 2 atom stereocenters. The van der Waals surface area contributed by atoms with E-state index in [4.69, 9.17) is 4.98 Å². The Morgan fingerprint density at radius 3 is 2.62 bits per heavy atom. The van der Waals surface area contributed by atoms with Gasteiger partial charge in [0.05, 0.1) is 11.9 Å². The molecular weight excluding hydrogens is 362 g/mol. The van der Waals surface area contributed by atoms with Crippen molar-refractivity contribution in [2.24, 2.45) is 5.92 Å². The van der Waals surface area contributed by atoms with Crippen molar-refractivity contribution >= 4 is 15.9 Å². The summed E-state index contributed by atoms with van der Waals surface area (Å²) < 4.78 is 1.11. The second-order valence-electron chi connectivity index (χ2n) is 7.35. The van der Waals surface area contributed by atoms with Crippen molar-refractivity contribution in [1.29, 1.82) is 0 Å². The molecule has 1 aromatic carbocycles. The molecule has 4 heteroatoms. The Kier molecular flexibility index (Phi) is 5.04. The Bertz CT molecular complexity index is 658. The number of nitrogens with zero attached hydrogens (tertiary/aromatic N) is 2. The molecule has 0 spiro atoms. The number of nitrogens with one attached hydrogen (secondary N) is 1. The van der Waals surface area contributed by atoms with E-state index in [1.165, 1.54) is 69.5 Å². The first-order valence-corrected chi connectivity index (χ1v) is 10.1. The summed E-state index contributed by atoms with van der Waals surface area (Å²) in [6.45, 7) is 3.86. The number of H-pyrrole nitrogens is 1. The topological polar surface area (TPSA) is 31.9 Å². The van der Waals surface area contributed by atoms with Gasteiger partial charge >= 0.3 is 0 Å². The van der Waals surface area contributed by atoms with Crippen LogP contribution in [0, 0.1) is 5.92 Å². The number of imidazole rings is 1. The molecule has 0 bridgehead atoms. The summed E-state index contributed by atoms with van der Waals surface area (Å²) in [6, 6.07) is 8.46. The summed E-state index contributed by atoms with van der Waals surface area (Å²) in [4.78, 5) is 11.1. The largest absolute Gasteiger partial charge is 0.342 e. The Hall–Kier alpha value is -1.13. The molecule has 1 saturated heterocycles. The van der Waals surface area contributed by atoms with Gasteiger partial charge in [0, 0.05) is 16.9 Å². The van der Waals surface area contributed by atoms with Crippen LogP contribution in [0.25, 0.3) is 11.3 Å². The van der Waals surface area contributed by atoms with E-state index in [-0.39, 0.29) is 0 Å². The molecule has 1 aliphatic heterocycles. The van der Waals surface area contributed by atoms with Gasteiger partial charge < -0.3 is 9.88 Å². The Labute approximate surface area is 153 Å². The molecule has 1 N–H and O–H groups in total. The van der Waals surface area contributed by atoms with Gasteiger partial charge in [0.25, 0.3) is 0 Å². The lowest BCUT2D eigenvalue weighted by Crippen LogP contribution is -2.35. The van der Waals surface area contributed by atoms with Crippen LogP contribution in [0.3, 0.4) is 0 Å². The van der Waals surface area contributed by atoms with Gasteiger partial charge in [-0.05, 0) is 62.4 Å². The molecule has 128 valence electrons. The molecule has 0 amide bonds. The average molecular weight is 388 g/mol. The Morgan fingerprint density at radius 1 is 1.04 bits per heavy atom. The van der Waals surface area contributed by atoms with Crippen LogP contribution in [0.5, 0.6) is 0 Å². The molecule has 2 fully saturated rings. The lowest BCUT2D eigenvalue weighted by molar-refractivity contribution is 0.188. The predicted molar refractivity (Wildman–Crippen MR) is 102 cm³/mol. The fourth-order valence-electron chi connectivity index (χ4n) is 4.39. The van der Waals surface area contributed by atoms with Gasteiger partial charge in [0.1, 0.15) is 5.82 Å². The van der Waals surface area contributed by atoms with E-state index < -0.39 is 0 Å². The number of benzene rings is 1. The van der Waals surface area contributed by atoms with Gasteiger partial charge in [-0.1, -0.05) is 40.9 Å². The van der Waals surface area contributed by atoms with Crippen LogP contribution in [0.15, 0.2) is 34.9 Å². The molecule has 24 heavy (non-hydrogen) atoms. The van der Waals surface area contributed by atoms with Gasteiger partial charge in [0.15, 0.2) is 0 Å². The van der Waals surface area contributed by atoms with Crippen molar-refractivity contribution < 1.29 is 0 Å². The molecule has 2 aromatic rings. The first kappa shape index (κ1) is 16.3. The summed E-state index contributed by atoms with van der Waals surface area (Å²) in [5.41, 5.74) is 2.35. The van der Waals surface area contributed by atoms with E-state index in [1.54, 1.807) is 0 Å². The second-order valence-corrected chi connectivity index (χ2v) is 8.26. The predicted octanol–water partition coefficient (Wildman–Crippen LogP) is 5.21. The van der Waals surface area contributed by atoms with Gasteiger partial charge in [-0.3, -0.25) is 0 Å². The van der Waals surface area contributed by atoms with Crippen LogP contribution in [0.2, 0.25) is 0 Å². The lowest BCUT2D eigenvalue weighted by atomic mass is 9.94. The van der Waals surface area contributed by atoms with E-state index in [0.717, 1.165) is 16.1 Å². The van der Waals surface area contributed by atoms with Crippen molar-refractivity contribution in [2.75, 3.05) is 19.6 Å². The monoisotopic (exact) mass is 387 g/mol. The van der Waals surface area contributed by atoms with Crippen molar-refractivity contribution in [1.82, 2.24) is 14.9 Å². The fraction of sp³-hybridized carbons (Fsp3) is 0.550. The van der Waals surface area contributed by atoms with Crippen molar-refractivity contribution in [3.8, 4) is 11.3 Å². The van der Waals surface area contributed by atoms with E-state index in [9.17, 15) is 0 Å². The molecule has 2 unspecified atom stereocenters. The third kappa shape index (κ3) is 3.60. The van der Waals surface area contributed by atoms with Crippen LogP contribution >= 0.6 is 15.9 Å². The maximum absolute atomic E-state index is 4.75. The number of aromatic nitrogens is 2. The van der Waals surface area contributed by atoms with Crippen LogP contribution in [-0.2, 0) is 0 Å². The standard InChI is InChI=1S/C20H26BrN3/c21-17-9-7-15(8-10-17)19-13-22-20(23-19)18-6-4-5-16(18)14-24-11-2-1-3-12-24/h7-10,13,16,18H,1-6,11-12,14H2,(H,22,23). The average Bonchev–Trinajstić information content (AvgIpc) is 3.25. The minimum absolute atomic E-state index is 0.608. The smallest absolute Gasteiger partial charge is 0.109 e. The van der Waals surface area contributed by atoms with Crippen LogP contribution in [0.1, 0.15) is 50.3 Å². The fourth-order valence-corrected chi connectivity index (χ4v) is 4.65. The SMILES string of the molecule is Brc1ccc(-c2cnc(C3CCCC3CN3CCCCC3)[nH]2)cc1. The number of halogens is 1. The van der Waals surface area contributed by atoms with E-state index in [2.05, 4.69) is 50.1 Å². The van der Waals surface area contributed by atoms with Crippen molar-refractivity contribution in [3.05, 3.63) is 40.8 Å². The van der Waals surface area contributed by atoms with Gasteiger partial charge in [-0.25, -0.2) is 4.98 Å². The van der Waals surface area contributed by atoms with Gasteiger partial charge in [-0.15, -0.1) is 0 Å². The number of hydrogen-bond acceptors (Lipinski definition) is 2. The van der Waals surface area contributed by atoms with Gasteiger partial charge in [-0.2, -0.15) is 0 Å². The lowest BCUT2D eigenvalue weighted by Gasteiger charge is -2.30. The highest BCUT2D eigenvalue weighted by Gasteiger charge is 2.32. The normalized spacial score (nSPS) is 25.2. The number of piperidine rings is 1. The first-order chi connectivity index (χ1) is 11.8. The quantitative estimate of drug-likeness (QED) is 0.780. The molecule has 1 aliphatic carbocycles. The molecule has 3 nitrogen and oxygen atoms in total. The molecule has 1 saturated carbocycles. The highest BCUT2D eigenvalue weighted by atomic mass is 79.9. The molecule has 4 rings (SSSR count). The first-order valence-electron chi connectivity index (χ1n) is 9.33. The minimum Gasteiger partial charge on any atom is -0.342 e. The van der Waals surface area contributed by atoms with Crippen LogP contribution in [0.4, 0.5) is 0 Å². The third-order valence-corrected chi connectivity index (χ3v) is 6.23. The summed E-state index contributed by atoms with van der Waals surface area (Å²) in [7, 11) is 0. The third-order valence-electron chi connectivity index (χ3n) is 5.70. The highest BCUT2D eigenvalue weighted by molar-refractivity contribution is 9.10. The van der Waals surface area contributed by atoms with E-state index in [0.29, 0.717) is 5.92 Å². The molecule has 2 heterocycles. The maximum Gasteiger partial charge on any atom is 0.109 e. The van der Waals surface area contributed by atoms with Crippen LogP contribution in [-0.4, -0.2) is 34.5 Å². The summed E-state index contributed by atoms with van der Waals surface area (Å²) in [5, 5.41) is 0. The minimum atomic E-state index is 0.608. The van der Waals surface area contributed by atoms with Crippen molar-refractivity contribution in [3.63, 3.8) is 0 Å². The Morgan fingerprint density at radius 2 is 1.83 bits per heavy atom. The number of hydrogen-bond donors (Lipinski definition) is 1. The van der Waals surface area contributed by atoms with Gasteiger partial charge in [0.2, 0.25) is 0 Å². The summed E-state index contributed by atoms with van der Waals surface area (Å²) >= 11 is 3.50. The van der Waals surface area contributed by atoms with E-state index >= 15 is 0 Å². The zero-order valence-corrected chi connectivity index (χ0v) is 15.8. The van der Waals surface area contributed by atoms with Crippen molar-refractivity contribution in [2.45, 2.75) is 44.4 Å². The molecular formula is C20H26BrN3. The Balaban J connectivity index is 1.47. The zero-order valence-electron chi connectivity index (χ0n) is 14.2. The number of rotatable bonds is 4. The van der Waals surface area contributed by atoms with Crippen LogP contribution < -0.4 is 0 Å². The van der Waals surface area contributed by atoms with E-state index in [1.807, 2.05) is 6.20 Å². The maximum atomic E-state index is 4.75. The molecule has 1 aromatic heterocycles. The zero-order chi connectivity index (χ0) is 16.4. The number of aromatic amines is 1.